The van der Waals surface area contributed by atoms with Gasteiger partial charge >= 0.3 is 0 Å². The van der Waals surface area contributed by atoms with Crippen LogP contribution in [0.2, 0.25) is 0 Å². The van der Waals surface area contributed by atoms with Crippen LogP contribution in [0.25, 0.3) is 11.1 Å². The third kappa shape index (κ3) is 4.79. The quantitative estimate of drug-likeness (QED) is 0.336. The van der Waals surface area contributed by atoms with Crippen molar-refractivity contribution in [1.29, 1.82) is 0 Å². The predicted octanol–water partition coefficient (Wildman–Crippen LogP) is 10.3. The van der Waals surface area contributed by atoms with Crippen LogP contribution in [-0.2, 0) is 0 Å². The number of hydrogen-bond donors (Lipinski definition) is 0. The summed E-state index contributed by atoms with van der Waals surface area (Å²) in [5.74, 6) is 1.93. The zero-order chi connectivity index (χ0) is 26.3. The van der Waals surface area contributed by atoms with Gasteiger partial charge in [-0.2, -0.15) is 0 Å². The highest BCUT2D eigenvalue weighted by Gasteiger charge is 2.45. The van der Waals surface area contributed by atoms with Crippen LogP contribution in [0.3, 0.4) is 0 Å². The second-order valence-electron chi connectivity index (χ2n) is 11.7. The second kappa shape index (κ2) is 10.3. The summed E-state index contributed by atoms with van der Waals surface area (Å²) in [5, 5.41) is 0. The van der Waals surface area contributed by atoms with Crippen molar-refractivity contribution in [3.63, 3.8) is 0 Å². The fraction of sp³-hybridized carbons (Fsp3) is 0.351. The Morgan fingerprint density at radius 3 is 2.57 bits per heavy atom. The minimum Gasteiger partial charge on any atom is -0.0995 e. The molecule has 0 aromatic heterocycles. The van der Waals surface area contributed by atoms with Crippen molar-refractivity contribution in [1.82, 2.24) is 0 Å². The van der Waals surface area contributed by atoms with E-state index in [-0.39, 0.29) is 0 Å². The van der Waals surface area contributed by atoms with Crippen LogP contribution < -0.4 is 0 Å². The molecule has 1 aromatic carbocycles. The third-order valence-corrected chi connectivity index (χ3v) is 8.96. The summed E-state index contributed by atoms with van der Waals surface area (Å²) in [6.07, 6.45) is 21.9. The van der Waals surface area contributed by atoms with Crippen LogP contribution in [0.1, 0.15) is 69.6 Å². The van der Waals surface area contributed by atoms with Gasteiger partial charge in [0.1, 0.15) is 0 Å². The average Bonchev–Trinajstić information content (AvgIpc) is 3.60. The van der Waals surface area contributed by atoms with Gasteiger partial charge in [0, 0.05) is 5.92 Å². The molecule has 4 atom stereocenters. The fourth-order valence-electron chi connectivity index (χ4n) is 7.21. The Morgan fingerprint density at radius 2 is 1.89 bits per heavy atom. The lowest BCUT2D eigenvalue weighted by atomic mass is 9.62. The number of fused-ring (bicyclic) bond motifs is 1. The molecule has 0 saturated heterocycles. The van der Waals surface area contributed by atoms with Crippen molar-refractivity contribution in [3.8, 4) is 0 Å². The molecule has 0 bridgehead atoms. The summed E-state index contributed by atoms with van der Waals surface area (Å²) in [6, 6.07) is 6.73. The van der Waals surface area contributed by atoms with Gasteiger partial charge in [0.05, 0.1) is 0 Å². The molecule has 0 spiro atoms. The Kier molecular flexibility index (Phi) is 7.13. The first-order valence-corrected chi connectivity index (χ1v) is 14.1. The van der Waals surface area contributed by atoms with Gasteiger partial charge < -0.3 is 0 Å². The van der Waals surface area contributed by atoms with Crippen molar-refractivity contribution in [2.75, 3.05) is 0 Å². The van der Waals surface area contributed by atoms with Gasteiger partial charge in [-0.25, -0.2) is 0 Å². The van der Waals surface area contributed by atoms with Crippen molar-refractivity contribution in [2.24, 2.45) is 23.7 Å². The standard InChI is InChI=1S/C37H42/c1-8-11-24(4)35-26(6)19-33-22-32(27(7)36(33)37(35)29-12-9-10-13-29)21-28-14-15-31(20-28)34-17-16-30(23(2)3)18-25(34)5/h9-10,12,14-19,21,26,35-37H,2,4,7-8,11,13,20,22H2,1,3,5-6H3. The first-order valence-electron chi connectivity index (χ1n) is 14.1. The number of allylic oxidation sites excluding steroid dienone is 15. The molecule has 0 amide bonds. The van der Waals surface area contributed by atoms with Crippen molar-refractivity contribution < 1.29 is 0 Å². The molecular formula is C37H42. The molecule has 4 unspecified atom stereocenters. The largest absolute Gasteiger partial charge is 0.0995 e. The summed E-state index contributed by atoms with van der Waals surface area (Å²) >= 11 is 0. The number of hydrogen-bond acceptors (Lipinski definition) is 0. The molecule has 0 heteroatoms. The highest BCUT2D eigenvalue weighted by atomic mass is 14.5. The van der Waals surface area contributed by atoms with Crippen LogP contribution in [0.4, 0.5) is 0 Å². The Morgan fingerprint density at radius 1 is 1.08 bits per heavy atom. The molecular weight excluding hydrogens is 444 g/mol. The first kappa shape index (κ1) is 25.5. The molecule has 0 aliphatic heterocycles. The van der Waals surface area contributed by atoms with E-state index in [2.05, 4.69) is 102 Å². The number of aryl methyl sites for hydroxylation is 1. The average molecular weight is 487 g/mol. The highest BCUT2D eigenvalue weighted by Crippen LogP contribution is 2.56. The fourth-order valence-corrected chi connectivity index (χ4v) is 7.21. The maximum atomic E-state index is 4.73. The molecule has 1 saturated carbocycles. The Balaban J connectivity index is 1.39. The van der Waals surface area contributed by atoms with Crippen molar-refractivity contribution in [2.45, 2.75) is 59.8 Å². The van der Waals surface area contributed by atoms with Crippen LogP contribution in [-0.4, -0.2) is 0 Å². The van der Waals surface area contributed by atoms with Crippen molar-refractivity contribution >= 4 is 11.1 Å². The van der Waals surface area contributed by atoms with Crippen LogP contribution >= 0.6 is 0 Å². The molecule has 4 aliphatic rings. The van der Waals surface area contributed by atoms with E-state index in [1.807, 2.05) is 0 Å². The monoisotopic (exact) mass is 486 g/mol. The summed E-state index contributed by atoms with van der Waals surface area (Å²) in [4.78, 5) is 0. The lowest BCUT2D eigenvalue weighted by Crippen LogP contribution is -2.34. The molecule has 0 heterocycles. The second-order valence-corrected chi connectivity index (χ2v) is 11.7. The topological polar surface area (TPSA) is 0 Å². The van der Waals surface area contributed by atoms with E-state index in [1.165, 1.54) is 44.6 Å². The van der Waals surface area contributed by atoms with Gasteiger partial charge in [-0.05, 0) is 96.3 Å². The summed E-state index contributed by atoms with van der Waals surface area (Å²) < 4.78 is 0. The van der Waals surface area contributed by atoms with Gasteiger partial charge in [-0.1, -0.05) is 123 Å². The molecule has 0 N–H and O–H groups in total. The van der Waals surface area contributed by atoms with Gasteiger partial charge in [0.25, 0.3) is 0 Å². The van der Waals surface area contributed by atoms with Gasteiger partial charge in [-0.3, -0.25) is 0 Å². The molecule has 1 fully saturated rings. The minimum absolute atomic E-state index is 0.415. The van der Waals surface area contributed by atoms with E-state index in [9.17, 15) is 0 Å². The van der Waals surface area contributed by atoms with Gasteiger partial charge in [-0.15, -0.1) is 0 Å². The van der Waals surface area contributed by atoms with E-state index in [4.69, 9.17) is 6.58 Å². The van der Waals surface area contributed by atoms with Crippen LogP contribution in [0, 0.1) is 30.6 Å². The molecule has 0 nitrogen and oxygen atoms in total. The molecule has 0 radical (unpaired) electrons. The minimum atomic E-state index is 0.415. The maximum absolute atomic E-state index is 4.73. The SMILES string of the molecule is C=C(C)c1ccc(C2=CC=C(C=C3CC4=CC(C)C(C(=C)CCC)C(C5=CC=CC5)C4C3=C)C2)c(C)c1. The number of rotatable bonds is 7. The van der Waals surface area contributed by atoms with E-state index < -0.39 is 0 Å². The zero-order valence-corrected chi connectivity index (χ0v) is 23.2. The van der Waals surface area contributed by atoms with Crippen molar-refractivity contribution in [3.05, 3.63) is 131 Å². The Labute approximate surface area is 225 Å². The normalized spacial score (nSPS) is 27.7. The van der Waals surface area contributed by atoms with E-state index in [1.54, 1.807) is 11.1 Å². The highest BCUT2D eigenvalue weighted by molar-refractivity contribution is 5.77. The van der Waals surface area contributed by atoms with Gasteiger partial charge in [0.15, 0.2) is 0 Å². The van der Waals surface area contributed by atoms with E-state index >= 15 is 0 Å². The smallest absolute Gasteiger partial charge is 0.0120 e. The predicted molar refractivity (Wildman–Crippen MR) is 162 cm³/mol. The van der Waals surface area contributed by atoms with Gasteiger partial charge in [0.2, 0.25) is 0 Å². The molecule has 1 aromatic rings. The lowest BCUT2D eigenvalue weighted by molar-refractivity contribution is 0.281. The number of benzene rings is 1. The molecule has 5 rings (SSSR count). The molecule has 190 valence electrons. The zero-order valence-electron chi connectivity index (χ0n) is 23.2. The summed E-state index contributed by atoms with van der Waals surface area (Å²) in [5.41, 5.74) is 15.2. The van der Waals surface area contributed by atoms with E-state index in [0.29, 0.717) is 23.7 Å². The first-order chi connectivity index (χ1) is 17.8. The van der Waals surface area contributed by atoms with Crippen LogP contribution in [0.15, 0.2) is 114 Å². The van der Waals surface area contributed by atoms with E-state index in [0.717, 1.165) is 37.7 Å². The lowest BCUT2D eigenvalue weighted by Gasteiger charge is -2.42. The molecule has 4 aliphatic carbocycles. The maximum Gasteiger partial charge on any atom is 0.0120 e. The summed E-state index contributed by atoms with van der Waals surface area (Å²) in [6.45, 7) is 22.4. The molecule has 37 heavy (non-hydrogen) atoms. The third-order valence-electron chi connectivity index (χ3n) is 8.96. The van der Waals surface area contributed by atoms with Crippen LogP contribution in [0.5, 0.6) is 0 Å². The Bertz CT molecular complexity index is 1340. The summed E-state index contributed by atoms with van der Waals surface area (Å²) in [7, 11) is 0. The Hall–Kier alpha value is -3.12.